The van der Waals surface area contributed by atoms with Gasteiger partial charge in [-0.15, -0.1) is 0 Å². The fourth-order valence-corrected chi connectivity index (χ4v) is 1.58. The Morgan fingerprint density at radius 3 is 2.53 bits per heavy atom. The molecule has 0 amide bonds. The Bertz CT molecular complexity index is 453. The average molecular weight is 228 g/mol. The summed E-state index contributed by atoms with van der Waals surface area (Å²) in [6, 6.07) is 13.7. The van der Waals surface area contributed by atoms with Gasteiger partial charge in [-0.25, -0.2) is 0 Å². The number of hydrogen-bond acceptors (Lipinski definition) is 3. The summed E-state index contributed by atoms with van der Waals surface area (Å²) >= 11 is 0. The van der Waals surface area contributed by atoms with Crippen LogP contribution in [0.15, 0.2) is 48.7 Å². The molecule has 2 N–H and O–H groups in total. The molecule has 88 valence electrons. The highest BCUT2D eigenvalue weighted by molar-refractivity contribution is 5.27. The minimum Gasteiger partial charge on any atom is -0.483 e. The molecule has 0 saturated heterocycles. The molecule has 0 aliphatic rings. The molecule has 17 heavy (non-hydrogen) atoms. The van der Waals surface area contributed by atoms with Crippen LogP contribution in [0, 0.1) is 6.92 Å². The minimum atomic E-state index is -0.195. The summed E-state index contributed by atoms with van der Waals surface area (Å²) in [4.78, 5) is 4.26. The molecule has 1 aromatic heterocycles. The number of rotatable bonds is 4. The van der Waals surface area contributed by atoms with Crippen LogP contribution in [-0.4, -0.2) is 11.5 Å². The number of pyridine rings is 1. The lowest BCUT2D eigenvalue weighted by Gasteiger charge is -2.16. The molecule has 0 aliphatic carbocycles. The van der Waals surface area contributed by atoms with Crippen molar-refractivity contribution in [1.82, 2.24) is 4.98 Å². The van der Waals surface area contributed by atoms with Crippen LogP contribution in [0.3, 0.4) is 0 Å². The fraction of sp³-hybridized carbons (Fsp3) is 0.214. The molecular weight excluding hydrogens is 212 g/mol. The maximum Gasteiger partial charge on any atom is 0.153 e. The van der Waals surface area contributed by atoms with E-state index >= 15 is 0 Å². The standard InChI is InChI=1S/C14H16N2O/c1-11-5-7-12(8-6-11)17-14(10-15)13-4-2-3-9-16-13/h2-9,14H,10,15H2,1H3. The second kappa shape index (κ2) is 5.46. The quantitative estimate of drug-likeness (QED) is 0.874. The number of aromatic nitrogens is 1. The Balaban J connectivity index is 2.13. The van der Waals surface area contributed by atoms with Crippen molar-refractivity contribution in [2.24, 2.45) is 5.73 Å². The Morgan fingerprint density at radius 1 is 1.18 bits per heavy atom. The van der Waals surface area contributed by atoms with Gasteiger partial charge in [0.2, 0.25) is 0 Å². The molecule has 0 spiro atoms. The van der Waals surface area contributed by atoms with Gasteiger partial charge in [0.1, 0.15) is 5.75 Å². The van der Waals surface area contributed by atoms with Gasteiger partial charge in [0.25, 0.3) is 0 Å². The molecule has 0 radical (unpaired) electrons. The lowest BCUT2D eigenvalue weighted by Crippen LogP contribution is -2.19. The number of hydrogen-bond donors (Lipinski definition) is 1. The molecule has 0 saturated carbocycles. The van der Waals surface area contributed by atoms with Crippen molar-refractivity contribution in [3.8, 4) is 5.75 Å². The zero-order valence-electron chi connectivity index (χ0n) is 9.84. The van der Waals surface area contributed by atoms with Gasteiger partial charge in [0.05, 0.1) is 5.69 Å². The SMILES string of the molecule is Cc1ccc(OC(CN)c2ccccn2)cc1. The number of ether oxygens (including phenoxy) is 1. The van der Waals surface area contributed by atoms with Crippen molar-refractivity contribution in [1.29, 1.82) is 0 Å². The molecule has 1 heterocycles. The Kier molecular flexibility index (Phi) is 3.73. The fourth-order valence-electron chi connectivity index (χ4n) is 1.58. The lowest BCUT2D eigenvalue weighted by molar-refractivity contribution is 0.209. The van der Waals surface area contributed by atoms with Crippen molar-refractivity contribution in [2.45, 2.75) is 13.0 Å². The molecular formula is C14H16N2O. The van der Waals surface area contributed by atoms with E-state index in [-0.39, 0.29) is 6.10 Å². The maximum atomic E-state index is 5.82. The first kappa shape index (κ1) is 11.6. The van der Waals surface area contributed by atoms with E-state index in [0.717, 1.165) is 11.4 Å². The third kappa shape index (κ3) is 3.04. The van der Waals surface area contributed by atoms with Crippen LogP contribution in [-0.2, 0) is 0 Å². The average Bonchev–Trinajstić information content (AvgIpc) is 2.39. The van der Waals surface area contributed by atoms with E-state index in [2.05, 4.69) is 4.98 Å². The monoisotopic (exact) mass is 228 g/mol. The van der Waals surface area contributed by atoms with Crippen molar-refractivity contribution < 1.29 is 4.74 Å². The molecule has 1 atom stereocenters. The summed E-state index contributed by atoms with van der Waals surface area (Å²) in [5.74, 6) is 0.816. The summed E-state index contributed by atoms with van der Waals surface area (Å²) in [5, 5.41) is 0. The predicted molar refractivity (Wildman–Crippen MR) is 67.8 cm³/mol. The zero-order chi connectivity index (χ0) is 12.1. The van der Waals surface area contributed by atoms with E-state index in [0.29, 0.717) is 6.54 Å². The topological polar surface area (TPSA) is 48.1 Å². The van der Waals surface area contributed by atoms with E-state index in [1.807, 2.05) is 49.4 Å². The molecule has 0 fully saturated rings. The van der Waals surface area contributed by atoms with Crippen molar-refractivity contribution in [2.75, 3.05) is 6.54 Å². The Labute approximate surface area is 101 Å². The van der Waals surface area contributed by atoms with Gasteiger partial charge >= 0.3 is 0 Å². The van der Waals surface area contributed by atoms with E-state index in [9.17, 15) is 0 Å². The van der Waals surface area contributed by atoms with Gasteiger partial charge in [-0.3, -0.25) is 4.98 Å². The predicted octanol–water partition coefficient (Wildman–Crippen LogP) is 2.47. The van der Waals surface area contributed by atoms with Crippen molar-refractivity contribution in [3.63, 3.8) is 0 Å². The highest BCUT2D eigenvalue weighted by Gasteiger charge is 2.12. The van der Waals surface area contributed by atoms with E-state index in [1.165, 1.54) is 5.56 Å². The van der Waals surface area contributed by atoms with Crippen LogP contribution in [0.25, 0.3) is 0 Å². The first-order valence-corrected chi connectivity index (χ1v) is 5.64. The van der Waals surface area contributed by atoms with Gasteiger partial charge < -0.3 is 10.5 Å². The second-order valence-corrected chi connectivity index (χ2v) is 3.91. The molecule has 2 aromatic rings. The van der Waals surface area contributed by atoms with E-state index in [4.69, 9.17) is 10.5 Å². The number of aryl methyl sites for hydroxylation is 1. The van der Waals surface area contributed by atoms with Gasteiger partial charge in [-0.05, 0) is 31.2 Å². The van der Waals surface area contributed by atoms with Gasteiger partial charge in [0, 0.05) is 12.7 Å². The normalized spacial score (nSPS) is 12.1. The van der Waals surface area contributed by atoms with Crippen LogP contribution in [0.5, 0.6) is 5.75 Å². The second-order valence-electron chi connectivity index (χ2n) is 3.91. The first-order valence-electron chi connectivity index (χ1n) is 5.64. The Morgan fingerprint density at radius 2 is 1.94 bits per heavy atom. The number of nitrogens with two attached hydrogens (primary N) is 1. The molecule has 1 unspecified atom stereocenters. The Hall–Kier alpha value is -1.87. The van der Waals surface area contributed by atoms with Gasteiger partial charge in [0.15, 0.2) is 6.10 Å². The largest absolute Gasteiger partial charge is 0.483 e. The van der Waals surface area contributed by atoms with Crippen molar-refractivity contribution in [3.05, 3.63) is 59.9 Å². The smallest absolute Gasteiger partial charge is 0.153 e. The van der Waals surface area contributed by atoms with E-state index < -0.39 is 0 Å². The lowest BCUT2D eigenvalue weighted by atomic mass is 10.2. The van der Waals surface area contributed by atoms with Crippen LogP contribution in [0.2, 0.25) is 0 Å². The number of benzene rings is 1. The number of nitrogens with zero attached hydrogens (tertiary/aromatic N) is 1. The van der Waals surface area contributed by atoms with Crippen LogP contribution in [0.1, 0.15) is 17.4 Å². The molecule has 3 nitrogen and oxygen atoms in total. The summed E-state index contributed by atoms with van der Waals surface area (Å²) in [5.41, 5.74) is 7.78. The highest BCUT2D eigenvalue weighted by Crippen LogP contribution is 2.20. The van der Waals surface area contributed by atoms with Crippen molar-refractivity contribution >= 4 is 0 Å². The van der Waals surface area contributed by atoms with Gasteiger partial charge in [-0.2, -0.15) is 0 Å². The third-order valence-corrected chi connectivity index (χ3v) is 2.53. The molecule has 3 heteroatoms. The minimum absolute atomic E-state index is 0.195. The molecule has 1 aromatic carbocycles. The summed E-state index contributed by atoms with van der Waals surface area (Å²) < 4.78 is 5.82. The van der Waals surface area contributed by atoms with Crippen LogP contribution < -0.4 is 10.5 Å². The van der Waals surface area contributed by atoms with Crippen LogP contribution >= 0.6 is 0 Å². The summed E-state index contributed by atoms with van der Waals surface area (Å²) in [7, 11) is 0. The molecule has 0 bridgehead atoms. The highest BCUT2D eigenvalue weighted by atomic mass is 16.5. The first-order chi connectivity index (χ1) is 8.29. The summed E-state index contributed by atoms with van der Waals surface area (Å²) in [6.07, 6.45) is 1.55. The van der Waals surface area contributed by atoms with Gasteiger partial charge in [-0.1, -0.05) is 23.8 Å². The molecule has 2 rings (SSSR count). The van der Waals surface area contributed by atoms with Crippen LogP contribution in [0.4, 0.5) is 0 Å². The maximum absolute atomic E-state index is 5.82. The van der Waals surface area contributed by atoms with E-state index in [1.54, 1.807) is 6.20 Å². The molecule has 0 aliphatic heterocycles. The zero-order valence-corrected chi connectivity index (χ0v) is 9.84. The summed E-state index contributed by atoms with van der Waals surface area (Å²) in [6.45, 7) is 2.45. The third-order valence-electron chi connectivity index (χ3n) is 2.53.